The predicted octanol–water partition coefficient (Wildman–Crippen LogP) is 7.96. The molecule has 1 aliphatic carbocycles. The zero-order valence-electron chi connectivity index (χ0n) is 30.0. The Labute approximate surface area is 321 Å². The number of esters is 1. The molecule has 1 atom stereocenters. The van der Waals surface area contributed by atoms with Gasteiger partial charge in [-0.15, -0.1) is 23.1 Å². The third kappa shape index (κ3) is 9.20. The number of carbonyl (C=O) groups excluding carboxylic acids is 4. The lowest BCUT2D eigenvalue weighted by atomic mass is 9.83. The van der Waals surface area contributed by atoms with Crippen molar-refractivity contribution in [1.29, 1.82) is 0 Å². The highest BCUT2D eigenvalue weighted by molar-refractivity contribution is 8.00. The second kappa shape index (κ2) is 17.8. The first-order chi connectivity index (χ1) is 26.3. The Morgan fingerprint density at radius 3 is 2.33 bits per heavy atom. The fourth-order valence-electron chi connectivity index (χ4n) is 6.21. The summed E-state index contributed by atoms with van der Waals surface area (Å²) in [5.74, 6) is -0.350. The zero-order chi connectivity index (χ0) is 38.0. The third-order valence-corrected chi connectivity index (χ3v) is 11.1. The standard InChI is InChI=1S/C42H39N3O7S2/c1-50-31-19-17-29(35(24-31)51-2)21-34(44-39(47)27-13-8-5-9-14-27)40(48)43-30-15-10-16-32(23-30)53-25-37(46)45-41-38(42(49)52-3)33-20-18-28(22-36(33)54-41)26-11-6-4-7-12-26/h4-17,19,21,23-24,28H,18,20,22,25H2,1-3H3,(H,43,48)(H,44,47)(H,45,46)/b34-21+. The van der Waals surface area contributed by atoms with E-state index < -0.39 is 17.8 Å². The van der Waals surface area contributed by atoms with Gasteiger partial charge in [0, 0.05) is 32.7 Å². The summed E-state index contributed by atoms with van der Waals surface area (Å²) in [5, 5.41) is 9.06. The molecule has 1 heterocycles. The molecule has 0 bridgehead atoms. The summed E-state index contributed by atoms with van der Waals surface area (Å²) in [4.78, 5) is 54.8. The highest BCUT2D eigenvalue weighted by atomic mass is 32.2. The second-order valence-corrected chi connectivity index (χ2v) is 14.5. The molecule has 12 heteroatoms. The molecule has 0 aliphatic heterocycles. The molecule has 1 aliphatic rings. The molecule has 5 aromatic rings. The van der Waals surface area contributed by atoms with Gasteiger partial charge in [0.25, 0.3) is 11.8 Å². The van der Waals surface area contributed by atoms with Crippen LogP contribution in [0.5, 0.6) is 11.5 Å². The van der Waals surface area contributed by atoms with Crippen LogP contribution in [-0.2, 0) is 27.2 Å². The number of rotatable bonds is 13. The van der Waals surface area contributed by atoms with E-state index >= 15 is 0 Å². The second-order valence-electron chi connectivity index (χ2n) is 12.4. The number of hydrogen-bond donors (Lipinski definition) is 3. The smallest absolute Gasteiger partial charge is 0.341 e. The van der Waals surface area contributed by atoms with Crippen molar-refractivity contribution >= 4 is 63.6 Å². The Morgan fingerprint density at radius 1 is 0.852 bits per heavy atom. The van der Waals surface area contributed by atoms with Crippen LogP contribution in [0.1, 0.15) is 54.6 Å². The maximum Gasteiger partial charge on any atom is 0.341 e. The molecular formula is C42H39N3O7S2. The Bertz CT molecular complexity index is 2180. The van der Waals surface area contributed by atoms with E-state index in [4.69, 9.17) is 14.2 Å². The molecule has 54 heavy (non-hydrogen) atoms. The lowest BCUT2D eigenvalue weighted by Gasteiger charge is -2.22. The number of ether oxygens (including phenoxy) is 3. The van der Waals surface area contributed by atoms with Crippen LogP contribution in [0, 0.1) is 0 Å². The van der Waals surface area contributed by atoms with Gasteiger partial charge in [-0.1, -0.05) is 54.6 Å². The van der Waals surface area contributed by atoms with Gasteiger partial charge in [0.05, 0.1) is 32.6 Å². The number of hydrogen-bond acceptors (Lipinski definition) is 9. The van der Waals surface area contributed by atoms with Crippen LogP contribution >= 0.6 is 23.1 Å². The lowest BCUT2D eigenvalue weighted by Crippen LogP contribution is -2.30. The minimum atomic E-state index is -0.566. The number of amides is 3. The summed E-state index contributed by atoms with van der Waals surface area (Å²) in [5.41, 5.74) is 4.02. The van der Waals surface area contributed by atoms with Crippen LogP contribution in [0.25, 0.3) is 6.08 Å². The molecule has 0 fully saturated rings. The van der Waals surface area contributed by atoms with E-state index in [9.17, 15) is 19.2 Å². The molecule has 6 rings (SSSR count). The minimum Gasteiger partial charge on any atom is -0.497 e. The van der Waals surface area contributed by atoms with Crippen LogP contribution in [0.4, 0.5) is 10.7 Å². The van der Waals surface area contributed by atoms with Gasteiger partial charge in [-0.05, 0) is 84.8 Å². The highest BCUT2D eigenvalue weighted by Crippen LogP contribution is 2.43. The van der Waals surface area contributed by atoms with Crippen molar-refractivity contribution in [3.05, 3.63) is 142 Å². The van der Waals surface area contributed by atoms with Crippen molar-refractivity contribution < 1.29 is 33.4 Å². The summed E-state index contributed by atoms with van der Waals surface area (Å²) in [7, 11) is 4.39. The number of fused-ring (bicyclic) bond motifs is 1. The average molecular weight is 762 g/mol. The normalized spacial score (nSPS) is 13.6. The third-order valence-electron chi connectivity index (χ3n) is 8.91. The molecule has 276 valence electrons. The van der Waals surface area contributed by atoms with Gasteiger partial charge in [-0.2, -0.15) is 0 Å². The van der Waals surface area contributed by atoms with Crippen molar-refractivity contribution in [2.24, 2.45) is 0 Å². The first-order valence-corrected chi connectivity index (χ1v) is 19.0. The van der Waals surface area contributed by atoms with E-state index in [1.54, 1.807) is 73.8 Å². The molecule has 3 N–H and O–H groups in total. The quantitative estimate of drug-likeness (QED) is 0.0626. The van der Waals surface area contributed by atoms with Crippen LogP contribution in [0.2, 0.25) is 0 Å². The lowest BCUT2D eigenvalue weighted by molar-refractivity contribution is -0.114. The largest absolute Gasteiger partial charge is 0.497 e. The van der Waals surface area contributed by atoms with Crippen molar-refractivity contribution in [3.63, 3.8) is 0 Å². The number of thiophene rings is 1. The van der Waals surface area contributed by atoms with Crippen LogP contribution in [0.15, 0.2) is 114 Å². The van der Waals surface area contributed by atoms with Gasteiger partial charge in [0.2, 0.25) is 5.91 Å². The van der Waals surface area contributed by atoms with E-state index in [1.165, 1.54) is 49.0 Å². The topological polar surface area (TPSA) is 132 Å². The molecule has 1 aromatic heterocycles. The zero-order valence-corrected chi connectivity index (χ0v) is 31.6. The van der Waals surface area contributed by atoms with Gasteiger partial charge in [0.15, 0.2) is 0 Å². The number of benzene rings is 4. The summed E-state index contributed by atoms with van der Waals surface area (Å²) < 4.78 is 15.9. The summed E-state index contributed by atoms with van der Waals surface area (Å²) in [6, 6.07) is 31.1. The molecule has 0 saturated heterocycles. The summed E-state index contributed by atoms with van der Waals surface area (Å²) in [6.07, 6.45) is 3.95. The van der Waals surface area contributed by atoms with Crippen LogP contribution < -0.4 is 25.4 Å². The highest BCUT2D eigenvalue weighted by Gasteiger charge is 2.30. The van der Waals surface area contributed by atoms with Crippen LogP contribution in [-0.4, -0.2) is 50.8 Å². The van der Waals surface area contributed by atoms with Gasteiger partial charge >= 0.3 is 5.97 Å². The molecule has 3 amide bonds. The van der Waals surface area contributed by atoms with Gasteiger partial charge in [-0.3, -0.25) is 14.4 Å². The van der Waals surface area contributed by atoms with Crippen molar-refractivity contribution in [2.75, 3.05) is 37.7 Å². The van der Waals surface area contributed by atoms with Crippen LogP contribution in [0.3, 0.4) is 0 Å². The molecule has 10 nitrogen and oxygen atoms in total. The summed E-state index contributed by atoms with van der Waals surface area (Å²) in [6.45, 7) is 0. The SMILES string of the molecule is COC(=O)c1c(NC(=O)CSc2cccc(NC(=O)/C(=C\c3ccc(OC)cc3OC)NC(=O)c3ccccc3)c2)sc2c1CCC(c1ccccc1)C2. The summed E-state index contributed by atoms with van der Waals surface area (Å²) >= 11 is 2.72. The maximum absolute atomic E-state index is 13.7. The van der Waals surface area contributed by atoms with E-state index in [-0.39, 0.29) is 17.4 Å². The average Bonchev–Trinajstić information content (AvgIpc) is 3.57. The molecular weight excluding hydrogens is 723 g/mol. The number of methoxy groups -OCH3 is 3. The minimum absolute atomic E-state index is 0.0140. The fraction of sp³-hybridized carbons (Fsp3) is 0.190. The van der Waals surface area contributed by atoms with Gasteiger partial charge in [0.1, 0.15) is 22.2 Å². The van der Waals surface area contributed by atoms with E-state index in [0.717, 1.165) is 34.6 Å². The van der Waals surface area contributed by atoms with E-state index in [2.05, 4.69) is 28.1 Å². The number of nitrogens with one attached hydrogen (secondary N) is 3. The Hall–Kier alpha value is -5.85. The molecule has 0 radical (unpaired) electrons. The monoisotopic (exact) mass is 761 g/mol. The van der Waals surface area contributed by atoms with Crippen molar-refractivity contribution in [2.45, 2.75) is 30.1 Å². The Kier molecular flexibility index (Phi) is 12.5. The number of anilines is 2. The maximum atomic E-state index is 13.7. The van der Waals surface area contributed by atoms with Gasteiger partial charge in [-0.25, -0.2) is 4.79 Å². The Balaban J connectivity index is 1.15. The first kappa shape index (κ1) is 37.9. The predicted molar refractivity (Wildman–Crippen MR) is 213 cm³/mol. The van der Waals surface area contributed by atoms with Crippen molar-refractivity contribution in [1.82, 2.24) is 5.32 Å². The Morgan fingerprint density at radius 2 is 1.61 bits per heavy atom. The van der Waals surface area contributed by atoms with Gasteiger partial charge < -0.3 is 30.2 Å². The van der Waals surface area contributed by atoms with Crippen molar-refractivity contribution in [3.8, 4) is 11.5 Å². The molecule has 1 unspecified atom stereocenters. The number of thioether (sulfide) groups is 1. The number of carbonyl (C=O) groups is 4. The first-order valence-electron chi connectivity index (χ1n) is 17.2. The fourth-order valence-corrected chi connectivity index (χ4v) is 8.30. The molecule has 0 spiro atoms. The molecule has 0 saturated carbocycles. The van der Waals surface area contributed by atoms with E-state index in [0.29, 0.717) is 44.8 Å². The van der Waals surface area contributed by atoms with E-state index in [1.807, 2.05) is 24.3 Å². The molecule has 4 aromatic carbocycles.